The van der Waals surface area contributed by atoms with Crippen LogP contribution in [0.5, 0.6) is 11.5 Å². The summed E-state index contributed by atoms with van der Waals surface area (Å²) >= 11 is 0. The number of aliphatic imine (C=N–C) groups is 2. The molecule has 0 atom stereocenters. The van der Waals surface area contributed by atoms with Crippen LogP contribution in [0, 0.1) is 5.41 Å². The number of nitrogens with zero attached hydrogens (tertiary/aromatic N) is 2. The van der Waals surface area contributed by atoms with Crippen LogP contribution in [-0.2, 0) is 27.1 Å². The fraction of sp³-hybridized carbons (Fsp3) is 0.423. The first kappa shape index (κ1) is 41.1. The molecule has 0 saturated heterocycles. The van der Waals surface area contributed by atoms with Gasteiger partial charge in [0.1, 0.15) is 11.5 Å². The maximum absolute atomic E-state index is 11.7. The van der Waals surface area contributed by atoms with Crippen LogP contribution in [0.25, 0.3) is 11.1 Å². The second-order valence-corrected chi connectivity index (χ2v) is 21.8. The molecule has 4 aromatic rings. The lowest BCUT2D eigenvalue weighted by molar-refractivity contribution is 0.422. The van der Waals surface area contributed by atoms with Crippen LogP contribution in [0.2, 0.25) is 0 Å². The summed E-state index contributed by atoms with van der Waals surface area (Å²) in [7, 11) is 0. The summed E-state index contributed by atoms with van der Waals surface area (Å²) in [6, 6.07) is 17.4. The van der Waals surface area contributed by atoms with Crippen molar-refractivity contribution in [3.8, 4) is 11.5 Å². The molecule has 6 nitrogen and oxygen atoms in total. The number of aromatic nitrogens is 2. The average molecular weight is 777 g/mol. The Morgan fingerprint density at radius 2 is 0.759 bits per heavy atom. The maximum Gasteiger partial charge on any atom is 0.123 e. The predicted octanol–water partition coefficient (Wildman–Crippen LogP) is 12.9. The first-order valence-corrected chi connectivity index (χ1v) is 20.8. The number of phenols is 2. The van der Waals surface area contributed by atoms with Gasteiger partial charge in [-0.3, -0.25) is 9.98 Å². The molecule has 2 aromatic heterocycles. The van der Waals surface area contributed by atoms with Gasteiger partial charge in [0.25, 0.3) is 0 Å². The van der Waals surface area contributed by atoms with Crippen molar-refractivity contribution in [1.82, 2.24) is 9.97 Å². The number of aromatic amines is 2. The molecule has 6 heteroatoms. The van der Waals surface area contributed by atoms with Crippen molar-refractivity contribution in [3.05, 3.63) is 140 Å². The van der Waals surface area contributed by atoms with Gasteiger partial charge >= 0.3 is 0 Å². The third kappa shape index (κ3) is 6.96. The molecule has 304 valence electrons. The van der Waals surface area contributed by atoms with E-state index in [9.17, 15) is 10.2 Å². The quantitative estimate of drug-likeness (QED) is 0.163. The highest BCUT2D eigenvalue weighted by atomic mass is 16.3. The van der Waals surface area contributed by atoms with Crippen molar-refractivity contribution >= 4 is 22.6 Å². The molecule has 3 aliphatic heterocycles. The van der Waals surface area contributed by atoms with E-state index in [4.69, 9.17) is 9.98 Å². The van der Waals surface area contributed by atoms with E-state index in [1.807, 2.05) is 0 Å². The summed E-state index contributed by atoms with van der Waals surface area (Å²) in [6.07, 6.45) is 8.54. The number of hydrogen-bond acceptors (Lipinski definition) is 4. The van der Waals surface area contributed by atoms with Gasteiger partial charge < -0.3 is 20.2 Å². The lowest BCUT2D eigenvalue weighted by atomic mass is 9.77. The van der Waals surface area contributed by atoms with E-state index in [1.54, 1.807) is 0 Å². The molecule has 2 aromatic carbocycles. The fourth-order valence-corrected chi connectivity index (χ4v) is 8.51. The second kappa shape index (κ2) is 13.2. The SMILES string of the molecule is CC1(C)C2=N/C(=C(/c3cc(C(C)(C)C)c(O)c(C(C)(C)C)c3)c3ccc([nH]3)C(C)(C)c3ccc([nH]3)/C(c3cc(C(C)(C)C)c(O)c(C(C)(C)C)c3)=C3/C=CC1=N3)C=C2. The summed E-state index contributed by atoms with van der Waals surface area (Å²) in [6.45, 7) is 34.7. The van der Waals surface area contributed by atoms with Crippen LogP contribution in [0.15, 0.2) is 94.2 Å². The molecule has 5 heterocycles. The van der Waals surface area contributed by atoms with E-state index >= 15 is 0 Å². The number of allylic oxidation sites excluding steroid dienone is 4. The van der Waals surface area contributed by atoms with E-state index in [1.165, 1.54) is 0 Å². The average Bonchev–Trinajstić information content (AvgIpc) is 3.92. The minimum Gasteiger partial charge on any atom is -0.507 e. The van der Waals surface area contributed by atoms with Gasteiger partial charge in [-0.15, -0.1) is 0 Å². The van der Waals surface area contributed by atoms with E-state index < -0.39 is 10.8 Å². The number of hydrogen-bond donors (Lipinski definition) is 4. The van der Waals surface area contributed by atoms with Crippen LogP contribution in [-0.4, -0.2) is 31.6 Å². The number of H-pyrrole nitrogens is 2. The zero-order valence-corrected chi connectivity index (χ0v) is 37.7. The van der Waals surface area contributed by atoms with Gasteiger partial charge in [0.2, 0.25) is 0 Å². The first-order chi connectivity index (χ1) is 26.6. The largest absolute Gasteiger partial charge is 0.507 e. The highest BCUT2D eigenvalue weighted by Gasteiger charge is 2.36. The Labute approximate surface area is 346 Å². The number of phenolic OH excluding ortho intramolecular Hbond substituents is 2. The van der Waals surface area contributed by atoms with Gasteiger partial charge in [0.15, 0.2) is 0 Å². The van der Waals surface area contributed by atoms with Gasteiger partial charge in [-0.1, -0.05) is 83.1 Å². The normalized spacial score (nSPS) is 20.5. The molecule has 0 unspecified atom stereocenters. The lowest BCUT2D eigenvalue weighted by Crippen LogP contribution is -2.30. The number of rotatable bonds is 2. The summed E-state index contributed by atoms with van der Waals surface area (Å²) in [5, 5.41) is 23.4. The van der Waals surface area contributed by atoms with Gasteiger partial charge in [-0.05, 0) is 133 Å². The number of aromatic hydroxyl groups is 2. The van der Waals surface area contributed by atoms with Crippen molar-refractivity contribution < 1.29 is 10.2 Å². The standard InChI is InChI=1S/C52H64N4O2/c1-47(2,3)31-25-29(26-32(45(31)57)48(4,5)6)43-35-17-21-39(53-35)51(13,14)41-23-19-37(55-41)44(30-27-33(49(7,8)9)46(58)34(28-30)50(10,11)12)38-20-24-42(56-38)52(15,16)40-22-18-36(43)54-40/h17-28,53,55,57-58H,1-16H3/b43-36-,44-38-. The van der Waals surface area contributed by atoms with Crippen LogP contribution >= 0.6 is 0 Å². The van der Waals surface area contributed by atoms with Crippen molar-refractivity contribution in [2.24, 2.45) is 15.4 Å². The number of fused-ring (bicyclic) bond motifs is 6. The molecule has 3 aliphatic rings. The Bertz CT molecular complexity index is 2300. The Morgan fingerprint density at radius 1 is 0.448 bits per heavy atom. The molecule has 7 rings (SSSR count). The van der Waals surface area contributed by atoms with Crippen molar-refractivity contribution in [2.75, 3.05) is 0 Å². The Kier molecular flexibility index (Phi) is 9.35. The lowest BCUT2D eigenvalue weighted by Gasteiger charge is -2.29. The van der Waals surface area contributed by atoms with Crippen molar-refractivity contribution in [2.45, 2.75) is 138 Å². The van der Waals surface area contributed by atoms with E-state index in [0.29, 0.717) is 11.5 Å². The summed E-state index contributed by atoms with van der Waals surface area (Å²) in [5.41, 5.74) is 13.1. The summed E-state index contributed by atoms with van der Waals surface area (Å²) in [4.78, 5) is 18.6. The molecule has 4 N–H and O–H groups in total. The van der Waals surface area contributed by atoms with Gasteiger partial charge in [0, 0.05) is 67.0 Å². The molecule has 0 spiro atoms. The highest BCUT2D eigenvalue weighted by Crippen LogP contribution is 2.47. The zero-order valence-electron chi connectivity index (χ0n) is 37.7. The Balaban J connectivity index is 1.53. The van der Waals surface area contributed by atoms with Crippen LogP contribution in [0.1, 0.15) is 167 Å². The van der Waals surface area contributed by atoms with E-state index in [0.717, 1.165) is 90.1 Å². The molecule has 58 heavy (non-hydrogen) atoms. The Morgan fingerprint density at radius 3 is 1.05 bits per heavy atom. The zero-order chi connectivity index (χ0) is 42.7. The molecule has 0 fully saturated rings. The third-order valence-corrected chi connectivity index (χ3v) is 12.4. The van der Waals surface area contributed by atoms with E-state index in [-0.39, 0.29) is 21.7 Å². The summed E-state index contributed by atoms with van der Waals surface area (Å²) < 4.78 is 0. The molecular weight excluding hydrogens is 713 g/mol. The molecule has 0 saturated carbocycles. The third-order valence-electron chi connectivity index (χ3n) is 12.4. The Hall–Kier alpha value is -5.10. The topological polar surface area (TPSA) is 96.8 Å². The first-order valence-electron chi connectivity index (χ1n) is 20.8. The van der Waals surface area contributed by atoms with Gasteiger partial charge in [0.05, 0.1) is 22.8 Å². The monoisotopic (exact) mass is 777 g/mol. The van der Waals surface area contributed by atoms with E-state index in [2.05, 4.69) is 194 Å². The summed E-state index contributed by atoms with van der Waals surface area (Å²) in [5.74, 6) is 0.716. The fourth-order valence-electron chi connectivity index (χ4n) is 8.51. The van der Waals surface area contributed by atoms with Crippen LogP contribution < -0.4 is 0 Å². The smallest absolute Gasteiger partial charge is 0.123 e. The minimum atomic E-state index is -0.530. The van der Waals surface area contributed by atoms with Gasteiger partial charge in [-0.2, -0.15) is 0 Å². The second-order valence-electron chi connectivity index (χ2n) is 21.8. The van der Waals surface area contributed by atoms with Crippen molar-refractivity contribution in [1.29, 1.82) is 0 Å². The van der Waals surface area contributed by atoms with Crippen LogP contribution in [0.3, 0.4) is 0 Å². The molecule has 0 aliphatic carbocycles. The highest BCUT2D eigenvalue weighted by molar-refractivity contribution is 6.22. The van der Waals surface area contributed by atoms with Gasteiger partial charge in [-0.25, -0.2) is 0 Å². The number of nitrogens with one attached hydrogen (secondary N) is 2. The van der Waals surface area contributed by atoms with Crippen LogP contribution in [0.4, 0.5) is 0 Å². The molecule has 0 radical (unpaired) electrons. The molecule has 8 bridgehead atoms. The maximum atomic E-state index is 11.7. The van der Waals surface area contributed by atoms with Crippen molar-refractivity contribution in [3.63, 3.8) is 0 Å². The predicted molar refractivity (Wildman–Crippen MR) is 244 cm³/mol. The minimum absolute atomic E-state index is 0.292. The molecule has 0 amide bonds. The number of benzene rings is 2. The molecular formula is C52H64N4O2.